The molecule has 1 aromatic rings. The molecule has 0 aliphatic heterocycles. The number of ether oxygens (including phenoxy) is 1. The number of carbonyl (C=O) groups is 1. The van der Waals surface area contributed by atoms with Gasteiger partial charge >= 0.3 is 0 Å². The zero-order chi connectivity index (χ0) is 14.4. The van der Waals surface area contributed by atoms with Gasteiger partial charge in [-0.05, 0) is 24.0 Å². The molecular weight excluding hydrogens is 252 g/mol. The van der Waals surface area contributed by atoms with Crippen LogP contribution in [-0.4, -0.2) is 19.1 Å². The van der Waals surface area contributed by atoms with Gasteiger partial charge in [0.1, 0.15) is 0 Å². The van der Waals surface area contributed by atoms with Crippen molar-refractivity contribution in [3.63, 3.8) is 0 Å². The van der Waals surface area contributed by atoms with E-state index in [9.17, 15) is 4.79 Å². The summed E-state index contributed by atoms with van der Waals surface area (Å²) in [4.78, 5) is 12.2. The Morgan fingerprint density at radius 1 is 1.35 bits per heavy atom. The molecule has 3 N–H and O–H groups in total. The van der Waals surface area contributed by atoms with Gasteiger partial charge in [0.15, 0.2) is 0 Å². The Bertz CT molecular complexity index is 448. The van der Waals surface area contributed by atoms with Gasteiger partial charge in [0.05, 0.1) is 12.5 Å². The molecule has 1 amide bonds. The van der Waals surface area contributed by atoms with Crippen LogP contribution in [0.5, 0.6) is 0 Å². The molecule has 1 fully saturated rings. The van der Waals surface area contributed by atoms with Crippen LogP contribution in [0.3, 0.4) is 0 Å². The molecule has 1 aliphatic rings. The Balaban J connectivity index is 1.87. The van der Waals surface area contributed by atoms with E-state index in [0.29, 0.717) is 13.2 Å². The van der Waals surface area contributed by atoms with Crippen molar-refractivity contribution in [1.29, 1.82) is 0 Å². The SMILES string of the molecule is COCc1cccc(CNC(=O)C2CCCCC2N)c1. The van der Waals surface area contributed by atoms with E-state index >= 15 is 0 Å². The van der Waals surface area contributed by atoms with Crippen LogP contribution in [0.2, 0.25) is 0 Å². The van der Waals surface area contributed by atoms with Gasteiger partial charge < -0.3 is 15.8 Å². The number of hydrogen-bond donors (Lipinski definition) is 2. The lowest BCUT2D eigenvalue weighted by Gasteiger charge is -2.27. The van der Waals surface area contributed by atoms with Gasteiger partial charge in [-0.3, -0.25) is 4.79 Å². The number of hydrogen-bond acceptors (Lipinski definition) is 3. The number of nitrogens with two attached hydrogens (primary N) is 1. The largest absolute Gasteiger partial charge is 0.380 e. The lowest BCUT2D eigenvalue weighted by atomic mass is 9.84. The molecule has 4 heteroatoms. The smallest absolute Gasteiger partial charge is 0.224 e. The van der Waals surface area contributed by atoms with Crippen molar-refractivity contribution < 1.29 is 9.53 Å². The third kappa shape index (κ3) is 4.05. The van der Waals surface area contributed by atoms with Crippen LogP contribution in [0.15, 0.2) is 24.3 Å². The van der Waals surface area contributed by atoms with Crippen LogP contribution in [-0.2, 0) is 22.7 Å². The van der Waals surface area contributed by atoms with E-state index in [4.69, 9.17) is 10.5 Å². The number of rotatable bonds is 5. The predicted octanol–water partition coefficient (Wildman–Crippen LogP) is 1.97. The van der Waals surface area contributed by atoms with Gasteiger partial charge in [-0.2, -0.15) is 0 Å². The standard InChI is InChI=1S/C16H24N2O2/c1-20-11-13-6-4-5-12(9-13)10-18-16(19)14-7-2-3-8-15(14)17/h4-6,9,14-15H,2-3,7-8,10-11,17H2,1H3,(H,18,19). The maximum atomic E-state index is 12.2. The molecule has 1 saturated carbocycles. The van der Waals surface area contributed by atoms with Crippen molar-refractivity contribution in [2.24, 2.45) is 11.7 Å². The topological polar surface area (TPSA) is 64.3 Å². The number of methoxy groups -OCH3 is 1. The molecular formula is C16H24N2O2. The number of carbonyl (C=O) groups excluding carboxylic acids is 1. The van der Waals surface area contributed by atoms with Gasteiger partial charge in [-0.25, -0.2) is 0 Å². The minimum atomic E-state index is -0.0223. The predicted molar refractivity (Wildman–Crippen MR) is 78.9 cm³/mol. The first kappa shape index (κ1) is 15.0. The summed E-state index contributed by atoms with van der Waals surface area (Å²) in [5.41, 5.74) is 8.25. The van der Waals surface area contributed by atoms with Crippen LogP contribution in [0, 0.1) is 5.92 Å². The normalized spacial score (nSPS) is 22.5. The zero-order valence-electron chi connectivity index (χ0n) is 12.1. The minimum Gasteiger partial charge on any atom is -0.380 e. The van der Waals surface area contributed by atoms with E-state index in [-0.39, 0.29) is 17.9 Å². The van der Waals surface area contributed by atoms with E-state index in [0.717, 1.165) is 36.8 Å². The Kier molecular flexibility index (Phi) is 5.56. The average Bonchev–Trinajstić information content (AvgIpc) is 2.46. The summed E-state index contributed by atoms with van der Waals surface area (Å²) in [5, 5.41) is 3.01. The van der Waals surface area contributed by atoms with Crippen molar-refractivity contribution in [1.82, 2.24) is 5.32 Å². The highest BCUT2D eigenvalue weighted by molar-refractivity contribution is 5.79. The van der Waals surface area contributed by atoms with Crippen LogP contribution in [0.25, 0.3) is 0 Å². The second kappa shape index (κ2) is 7.41. The summed E-state index contributed by atoms with van der Waals surface area (Å²) in [5.74, 6) is 0.0697. The van der Waals surface area contributed by atoms with E-state index < -0.39 is 0 Å². The van der Waals surface area contributed by atoms with Crippen molar-refractivity contribution >= 4 is 5.91 Å². The molecule has 0 saturated heterocycles. The summed E-state index contributed by atoms with van der Waals surface area (Å²) in [6, 6.07) is 8.10. The Morgan fingerprint density at radius 3 is 2.85 bits per heavy atom. The monoisotopic (exact) mass is 276 g/mol. The summed E-state index contributed by atoms with van der Waals surface area (Å²) in [6.07, 6.45) is 4.12. The van der Waals surface area contributed by atoms with Crippen LogP contribution in [0.4, 0.5) is 0 Å². The van der Waals surface area contributed by atoms with Crippen LogP contribution in [0.1, 0.15) is 36.8 Å². The first-order valence-corrected chi connectivity index (χ1v) is 7.30. The molecule has 2 atom stereocenters. The van der Waals surface area contributed by atoms with E-state index in [1.807, 2.05) is 18.2 Å². The molecule has 1 aliphatic carbocycles. The highest BCUT2D eigenvalue weighted by Gasteiger charge is 2.27. The molecule has 20 heavy (non-hydrogen) atoms. The zero-order valence-corrected chi connectivity index (χ0v) is 12.1. The number of amides is 1. The van der Waals surface area contributed by atoms with Gasteiger partial charge in [-0.15, -0.1) is 0 Å². The Labute approximate surface area is 120 Å². The van der Waals surface area contributed by atoms with Crippen molar-refractivity contribution in [2.75, 3.05) is 7.11 Å². The number of benzene rings is 1. The summed E-state index contributed by atoms with van der Waals surface area (Å²) in [7, 11) is 1.68. The second-order valence-electron chi connectivity index (χ2n) is 5.53. The van der Waals surface area contributed by atoms with E-state index in [1.165, 1.54) is 0 Å². The summed E-state index contributed by atoms with van der Waals surface area (Å²) >= 11 is 0. The molecule has 0 spiro atoms. The first-order valence-electron chi connectivity index (χ1n) is 7.30. The third-order valence-electron chi connectivity index (χ3n) is 3.93. The van der Waals surface area contributed by atoms with Crippen molar-refractivity contribution in [3.8, 4) is 0 Å². The average molecular weight is 276 g/mol. The molecule has 2 unspecified atom stereocenters. The van der Waals surface area contributed by atoms with E-state index in [2.05, 4.69) is 11.4 Å². The lowest BCUT2D eigenvalue weighted by molar-refractivity contribution is -0.126. The second-order valence-corrected chi connectivity index (χ2v) is 5.53. The molecule has 0 bridgehead atoms. The first-order chi connectivity index (χ1) is 9.70. The molecule has 0 heterocycles. The van der Waals surface area contributed by atoms with Gasteiger partial charge in [0.25, 0.3) is 0 Å². The van der Waals surface area contributed by atoms with Crippen LogP contribution >= 0.6 is 0 Å². The molecule has 0 radical (unpaired) electrons. The van der Waals surface area contributed by atoms with Gasteiger partial charge in [-0.1, -0.05) is 37.1 Å². The highest BCUT2D eigenvalue weighted by atomic mass is 16.5. The molecule has 4 nitrogen and oxygen atoms in total. The van der Waals surface area contributed by atoms with E-state index in [1.54, 1.807) is 7.11 Å². The molecule has 1 aromatic carbocycles. The summed E-state index contributed by atoms with van der Waals surface area (Å²) in [6.45, 7) is 1.15. The van der Waals surface area contributed by atoms with Crippen molar-refractivity contribution in [2.45, 2.75) is 44.9 Å². The fourth-order valence-electron chi connectivity index (χ4n) is 2.80. The lowest BCUT2D eigenvalue weighted by Crippen LogP contribution is -2.43. The maximum absolute atomic E-state index is 12.2. The fraction of sp³-hybridized carbons (Fsp3) is 0.562. The maximum Gasteiger partial charge on any atom is 0.224 e. The van der Waals surface area contributed by atoms with Crippen molar-refractivity contribution in [3.05, 3.63) is 35.4 Å². The quantitative estimate of drug-likeness (QED) is 0.864. The Hall–Kier alpha value is -1.39. The molecule has 2 rings (SSSR count). The fourth-order valence-corrected chi connectivity index (χ4v) is 2.80. The van der Waals surface area contributed by atoms with Crippen LogP contribution < -0.4 is 11.1 Å². The minimum absolute atomic E-state index is 0.0172. The highest BCUT2D eigenvalue weighted by Crippen LogP contribution is 2.23. The Morgan fingerprint density at radius 2 is 2.10 bits per heavy atom. The van der Waals surface area contributed by atoms with Gasteiger partial charge in [0.2, 0.25) is 5.91 Å². The molecule has 0 aromatic heterocycles. The van der Waals surface area contributed by atoms with Gasteiger partial charge in [0, 0.05) is 19.7 Å². The summed E-state index contributed by atoms with van der Waals surface area (Å²) < 4.78 is 5.11. The molecule has 110 valence electrons. The third-order valence-corrected chi connectivity index (χ3v) is 3.93. The number of nitrogens with one attached hydrogen (secondary N) is 1.